The van der Waals surface area contributed by atoms with Crippen molar-refractivity contribution in [2.45, 2.75) is 64.0 Å². The maximum absolute atomic E-state index is 14.7. The molecule has 0 bridgehead atoms. The maximum atomic E-state index is 14.7. The molecule has 1 unspecified atom stereocenters. The number of ketones is 1. The smallest absolute Gasteiger partial charge is 0.268 e. The second-order valence-electron chi connectivity index (χ2n) is 9.28. The van der Waals surface area contributed by atoms with Gasteiger partial charge >= 0.3 is 0 Å². The lowest BCUT2D eigenvalue weighted by Gasteiger charge is -2.14. The van der Waals surface area contributed by atoms with Gasteiger partial charge in [-0.15, -0.1) is 0 Å². The molecule has 1 aromatic heterocycles. The van der Waals surface area contributed by atoms with E-state index in [0.29, 0.717) is 23.3 Å². The summed E-state index contributed by atoms with van der Waals surface area (Å²) < 4.78 is 26.1. The van der Waals surface area contributed by atoms with Gasteiger partial charge < -0.3 is 14.6 Å². The van der Waals surface area contributed by atoms with E-state index in [1.54, 1.807) is 30.3 Å². The van der Waals surface area contributed by atoms with Crippen LogP contribution in [0.5, 0.6) is 5.75 Å². The summed E-state index contributed by atoms with van der Waals surface area (Å²) in [5.41, 5.74) is 1.10. The Morgan fingerprint density at radius 1 is 1.11 bits per heavy atom. The highest BCUT2D eigenvalue weighted by molar-refractivity contribution is 5.99. The summed E-state index contributed by atoms with van der Waals surface area (Å²) in [5, 5.41) is 6.88. The molecule has 0 aliphatic heterocycles. The third-order valence-corrected chi connectivity index (χ3v) is 6.62. The van der Waals surface area contributed by atoms with Crippen molar-refractivity contribution in [3.63, 3.8) is 0 Å². The second-order valence-corrected chi connectivity index (χ2v) is 9.28. The highest BCUT2D eigenvalue weighted by atomic mass is 19.1. The highest BCUT2D eigenvalue weighted by Crippen LogP contribution is 2.33. The first-order chi connectivity index (χ1) is 17.0. The van der Waals surface area contributed by atoms with Crippen molar-refractivity contribution in [3.8, 4) is 17.1 Å². The van der Waals surface area contributed by atoms with E-state index in [1.165, 1.54) is 12.1 Å². The van der Waals surface area contributed by atoms with E-state index in [-0.39, 0.29) is 35.0 Å². The molecule has 182 valence electrons. The zero-order valence-electron chi connectivity index (χ0n) is 19.6. The second kappa shape index (κ2) is 9.98. The molecule has 3 aromatic rings. The van der Waals surface area contributed by atoms with E-state index in [0.717, 1.165) is 38.5 Å². The van der Waals surface area contributed by atoms with Crippen LogP contribution in [-0.2, 0) is 0 Å². The average Bonchev–Trinajstić information content (AvgIpc) is 3.37. The van der Waals surface area contributed by atoms with Crippen molar-refractivity contribution in [1.29, 1.82) is 0 Å². The molecule has 0 radical (unpaired) electrons. The molecular weight excluding hydrogens is 449 g/mol. The minimum absolute atomic E-state index is 0.00255. The molecule has 5 rings (SSSR count). The summed E-state index contributed by atoms with van der Waals surface area (Å²) in [6.07, 6.45) is 6.03. The van der Waals surface area contributed by atoms with Crippen molar-refractivity contribution in [2.75, 3.05) is 0 Å². The van der Waals surface area contributed by atoms with Gasteiger partial charge in [-0.05, 0) is 68.5 Å². The number of Topliss-reactive ketones (excluding diaryl/α,β-unsaturated/α-hetero) is 1. The molecule has 2 fully saturated rings. The van der Waals surface area contributed by atoms with Gasteiger partial charge in [0.2, 0.25) is 5.82 Å². The minimum atomic E-state index is -0.631. The predicted octanol–water partition coefficient (Wildman–Crippen LogP) is 5.67. The number of nitrogens with zero attached hydrogens (tertiary/aromatic N) is 2. The lowest BCUT2D eigenvalue weighted by atomic mass is 10.1. The SMILES string of the molecule is CCC(Oc1ccc(C(=O)C2CC2)cc1)c1nc(-c2ccc(C(=O)NC3CCCC3)c(F)c2)no1. The Balaban J connectivity index is 1.26. The molecule has 2 aromatic carbocycles. The molecule has 1 heterocycles. The topological polar surface area (TPSA) is 94.3 Å². The largest absolute Gasteiger partial charge is 0.481 e. The molecule has 35 heavy (non-hydrogen) atoms. The van der Waals surface area contributed by atoms with Gasteiger partial charge in [-0.2, -0.15) is 4.98 Å². The van der Waals surface area contributed by atoms with Crippen molar-refractivity contribution >= 4 is 11.7 Å². The van der Waals surface area contributed by atoms with Gasteiger partial charge in [0.05, 0.1) is 5.56 Å². The summed E-state index contributed by atoms with van der Waals surface area (Å²) in [7, 11) is 0. The van der Waals surface area contributed by atoms with E-state index < -0.39 is 17.8 Å². The average molecular weight is 478 g/mol. The third kappa shape index (κ3) is 5.26. The summed E-state index contributed by atoms with van der Waals surface area (Å²) in [5.74, 6) is 0.389. The number of rotatable bonds is 9. The lowest BCUT2D eigenvalue weighted by Crippen LogP contribution is -2.33. The Labute approximate surface area is 203 Å². The van der Waals surface area contributed by atoms with E-state index >= 15 is 0 Å². The van der Waals surface area contributed by atoms with E-state index in [4.69, 9.17) is 9.26 Å². The number of aromatic nitrogens is 2. The summed E-state index contributed by atoms with van der Waals surface area (Å²) in [6, 6.07) is 11.5. The molecule has 2 saturated carbocycles. The quantitative estimate of drug-likeness (QED) is 0.399. The van der Waals surface area contributed by atoms with Crippen LogP contribution in [0.25, 0.3) is 11.4 Å². The zero-order valence-corrected chi connectivity index (χ0v) is 19.6. The number of benzene rings is 2. The normalized spacial score (nSPS) is 16.7. The van der Waals surface area contributed by atoms with Crippen LogP contribution in [0.3, 0.4) is 0 Å². The van der Waals surface area contributed by atoms with Crippen LogP contribution in [0.1, 0.15) is 84.6 Å². The van der Waals surface area contributed by atoms with Crippen LogP contribution in [-0.4, -0.2) is 27.9 Å². The van der Waals surface area contributed by atoms with E-state index in [9.17, 15) is 14.0 Å². The molecule has 0 spiro atoms. The summed E-state index contributed by atoms with van der Waals surface area (Å²) >= 11 is 0. The molecule has 0 saturated heterocycles. The van der Waals surface area contributed by atoms with Gasteiger partial charge in [0, 0.05) is 23.1 Å². The summed E-state index contributed by atoms with van der Waals surface area (Å²) in [6.45, 7) is 1.93. The Morgan fingerprint density at radius 2 is 1.86 bits per heavy atom. The lowest BCUT2D eigenvalue weighted by molar-refractivity contribution is 0.0932. The van der Waals surface area contributed by atoms with Crippen molar-refractivity contribution in [3.05, 3.63) is 65.3 Å². The number of halogens is 1. The van der Waals surface area contributed by atoms with Crippen molar-refractivity contribution in [1.82, 2.24) is 15.5 Å². The monoisotopic (exact) mass is 477 g/mol. The number of nitrogens with one attached hydrogen (secondary N) is 1. The van der Waals surface area contributed by atoms with Gasteiger partial charge in [0.15, 0.2) is 11.9 Å². The van der Waals surface area contributed by atoms with Crippen molar-refractivity contribution in [2.24, 2.45) is 5.92 Å². The van der Waals surface area contributed by atoms with Crippen LogP contribution in [0, 0.1) is 11.7 Å². The fourth-order valence-corrected chi connectivity index (χ4v) is 4.41. The van der Waals surface area contributed by atoms with Gasteiger partial charge in [-0.1, -0.05) is 31.0 Å². The van der Waals surface area contributed by atoms with Crippen molar-refractivity contribution < 1.29 is 23.2 Å². The molecule has 1 atom stereocenters. The van der Waals surface area contributed by atoms with E-state index in [1.807, 2.05) is 6.92 Å². The molecule has 1 N–H and O–H groups in total. The number of ether oxygens (including phenoxy) is 1. The fourth-order valence-electron chi connectivity index (χ4n) is 4.41. The Hall–Kier alpha value is -3.55. The fraction of sp³-hybridized carbons (Fsp3) is 0.407. The van der Waals surface area contributed by atoms with Crippen LogP contribution in [0.4, 0.5) is 4.39 Å². The van der Waals surface area contributed by atoms with Gasteiger partial charge in [-0.3, -0.25) is 9.59 Å². The zero-order chi connectivity index (χ0) is 24.4. The Kier molecular flexibility index (Phi) is 6.61. The first-order valence-corrected chi connectivity index (χ1v) is 12.3. The van der Waals surface area contributed by atoms with Gasteiger partial charge in [0.25, 0.3) is 11.8 Å². The predicted molar refractivity (Wildman–Crippen MR) is 127 cm³/mol. The van der Waals surface area contributed by atoms with Crippen LogP contribution < -0.4 is 10.1 Å². The number of carbonyl (C=O) groups is 2. The van der Waals surface area contributed by atoms with Crippen LogP contribution in [0.2, 0.25) is 0 Å². The number of hydrogen-bond donors (Lipinski definition) is 1. The molecule has 8 heteroatoms. The Morgan fingerprint density at radius 3 is 2.51 bits per heavy atom. The van der Waals surface area contributed by atoms with E-state index in [2.05, 4.69) is 15.5 Å². The van der Waals surface area contributed by atoms with Gasteiger partial charge in [-0.25, -0.2) is 4.39 Å². The number of amides is 1. The summed E-state index contributed by atoms with van der Waals surface area (Å²) in [4.78, 5) is 29.0. The van der Waals surface area contributed by atoms with Crippen LogP contribution in [0.15, 0.2) is 47.0 Å². The molecule has 2 aliphatic rings. The molecule has 2 aliphatic carbocycles. The molecular formula is C27H28FN3O4. The first-order valence-electron chi connectivity index (χ1n) is 12.3. The standard InChI is InChI=1S/C27H28FN3O4/c1-2-23(34-20-12-9-17(10-13-20)24(32)16-7-8-16)27-30-25(31-35-27)18-11-14-21(22(28)15-18)26(33)29-19-5-3-4-6-19/h9-16,19,23H,2-8H2,1H3,(H,29,33). The first kappa shape index (κ1) is 23.2. The maximum Gasteiger partial charge on any atom is 0.268 e. The number of hydrogen-bond acceptors (Lipinski definition) is 6. The van der Waals surface area contributed by atoms with Crippen LogP contribution >= 0.6 is 0 Å². The number of carbonyl (C=O) groups excluding carboxylic acids is 2. The van der Waals surface area contributed by atoms with Gasteiger partial charge in [0.1, 0.15) is 11.6 Å². The molecule has 1 amide bonds. The highest BCUT2D eigenvalue weighted by Gasteiger charge is 2.30. The minimum Gasteiger partial charge on any atom is -0.481 e. The third-order valence-electron chi connectivity index (χ3n) is 6.62. The Bertz CT molecular complexity index is 1210. The molecule has 7 nitrogen and oxygen atoms in total.